The Kier molecular flexibility index (Phi) is 1.61. The van der Waals surface area contributed by atoms with Crippen molar-refractivity contribution in [2.45, 2.75) is 52.4 Å². The van der Waals surface area contributed by atoms with E-state index in [-0.39, 0.29) is 0 Å². The van der Waals surface area contributed by atoms with E-state index in [1.54, 1.807) is 38.5 Å². The Morgan fingerprint density at radius 3 is 2.54 bits per heavy atom. The lowest BCUT2D eigenvalue weighted by Gasteiger charge is -2.42. The quantitative estimate of drug-likeness (QED) is 0.572. The van der Waals surface area contributed by atoms with E-state index >= 15 is 0 Å². The zero-order valence-electron chi connectivity index (χ0n) is 9.05. The van der Waals surface area contributed by atoms with E-state index < -0.39 is 0 Å². The average Bonchev–Trinajstić information content (AvgIpc) is 2.25. The van der Waals surface area contributed by atoms with E-state index in [4.69, 9.17) is 0 Å². The van der Waals surface area contributed by atoms with Gasteiger partial charge in [0.1, 0.15) is 0 Å². The molecule has 0 heterocycles. The fourth-order valence-corrected chi connectivity index (χ4v) is 4.70. The highest BCUT2D eigenvalue weighted by Gasteiger charge is 2.53. The molecular weight excluding hydrogens is 156 g/mol. The van der Waals surface area contributed by atoms with Gasteiger partial charge in [-0.15, -0.1) is 0 Å². The smallest absolute Gasteiger partial charge is 0.0266 e. The molecule has 3 saturated carbocycles. The standard InChI is InChI=1S/C13H22/c1-9(2)13-6-10-3-4-11(7-13)12(5-10)8-13/h9-12H,3-8H2,1-2H3. The van der Waals surface area contributed by atoms with Crippen LogP contribution >= 0.6 is 0 Å². The Labute approximate surface area is 82.1 Å². The van der Waals surface area contributed by atoms with Crippen LogP contribution in [0.1, 0.15) is 52.4 Å². The van der Waals surface area contributed by atoms with Gasteiger partial charge in [0.2, 0.25) is 0 Å². The molecule has 0 aromatic rings. The number of hydrogen-bond donors (Lipinski definition) is 0. The van der Waals surface area contributed by atoms with E-state index in [0.29, 0.717) is 0 Å². The van der Waals surface area contributed by atoms with Crippen molar-refractivity contribution in [1.29, 1.82) is 0 Å². The molecule has 0 amide bonds. The summed E-state index contributed by atoms with van der Waals surface area (Å²) in [6, 6.07) is 0. The summed E-state index contributed by atoms with van der Waals surface area (Å²) in [5.74, 6) is 4.36. The Morgan fingerprint density at radius 1 is 1.00 bits per heavy atom. The molecule has 0 nitrogen and oxygen atoms in total. The molecule has 0 spiro atoms. The fourth-order valence-electron chi connectivity index (χ4n) is 4.70. The van der Waals surface area contributed by atoms with Gasteiger partial charge in [-0.25, -0.2) is 0 Å². The second-order valence-electron chi connectivity index (χ2n) is 6.33. The Bertz CT molecular complexity index is 214. The van der Waals surface area contributed by atoms with Gasteiger partial charge in [-0.2, -0.15) is 0 Å². The predicted molar refractivity (Wildman–Crippen MR) is 55.4 cm³/mol. The van der Waals surface area contributed by atoms with Gasteiger partial charge < -0.3 is 0 Å². The van der Waals surface area contributed by atoms with Gasteiger partial charge in [0.05, 0.1) is 0 Å². The van der Waals surface area contributed by atoms with Gasteiger partial charge >= 0.3 is 0 Å². The molecular formula is C13H22. The molecule has 3 bridgehead atoms. The maximum atomic E-state index is 2.47. The highest BCUT2D eigenvalue weighted by molar-refractivity contribution is 5.04. The van der Waals surface area contributed by atoms with Gasteiger partial charge in [-0.3, -0.25) is 0 Å². The number of hydrogen-bond acceptors (Lipinski definition) is 0. The highest BCUT2D eigenvalue weighted by atomic mass is 14.6. The molecule has 3 fully saturated rings. The van der Waals surface area contributed by atoms with Gasteiger partial charge in [-0.05, 0) is 61.2 Å². The Balaban J connectivity index is 1.94. The average molecular weight is 178 g/mol. The van der Waals surface area contributed by atoms with Crippen molar-refractivity contribution in [2.24, 2.45) is 29.1 Å². The van der Waals surface area contributed by atoms with Crippen LogP contribution < -0.4 is 0 Å². The minimum Gasteiger partial charge on any atom is -0.0622 e. The van der Waals surface area contributed by atoms with E-state index in [1.165, 1.54) is 0 Å². The first-order valence-electron chi connectivity index (χ1n) is 6.20. The lowest BCUT2D eigenvalue weighted by molar-refractivity contribution is 0.0861. The third-order valence-corrected chi connectivity index (χ3v) is 5.51. The summed E-state index contributed by atoms with van der Waals surface area (Å²) < 4.78 is 0. The van der Waals surface area contributed by atoms with Gasteiger partial charge in [0.15, 0.2) is 0 Å². The molecule has 0 saturated heterocycles. The van der Waals surface area contributed by atoms with Crippen LogP contribution in [-0.2, 0) is 0 Å². The molecule has 3 aliphatic rings. The number of fused-ring (bicyclic) bond motifs is 2. The molecule has 3 rings (SSSR count). The summed E-state index contributed by atoms with van der Waals surface area (Å²) >= 11 is 0. The third kappa shape index (κ3) is 1.04. The normalized spacial score (nSPS) is 53.3. The first-order valence-corrected chi connectivity index (χ1v) is 6.20. The highest BCUT2D eigenvalue weighted by Crippen LogP contribution is 2.63. The molecule has 4 atom stereocenters. The molecule has 0 N–H and O–H groups in total. The van der Waals surface area contributed by atoms with Gasteiger partial charge in [0, 0.05) is 0 Å². The number of rotatable bonds is 1. The van der Waals surface area contributed by atoms with Crippen molar-refractivity contribution in [3.05, 3.63) is 0 Å². The molecule has 74 valence electrons. The molecule has 3 aliphatic carbocycles. The fraction of sp³-hybridized carbons (Fsp3) is 1.00. The van der Waals surface area contributed by atoms with E-state index in [0.717, 1.165) is 29.1 Å². The lowest BCUT2D eigenvalue weighted by Crippen LogP contribution is -2.32. The van der Waals surface area contributed by atoms with Crippen LogP contribution in [0.4, 0.5) is 0 Å². The monoisotopic (exact) mass is 178 g/mol. The van der Waals surface area contributed by atoms with Crippen molar-refractivity contribution in [3.63, 3.8) is 0 Å². The van der Waals surface area contributed by atoms with Gasteiger partial charge in [0.25, 0.3) is 0 Å². The summed E-state index contributed by atoms with van der Waals surface area (Å²) in [5.41, 5.74) is 0.800. The molecule has 4 unspecified atom stereocenters. The van der Waals surface area contributed by atoms with Crippen LogP contribution in [0.25, 0.3) is 0 Å². The topological polar surface area (TPSA) is 0 Å². The van der Waals surface area contributed by atoms with Crippen LogP contribution in [0.2, 0.25) is 0 Å². The van der Waals surface area contributed by atoms with Crippen molar-refractivity contribution >= 4 is 0 Å². The van der Waals surface area contributed by atoms with Crippen molar-refractivity contribution in [3.8, 4) is 0 Å². The molecule has 13 heavy (non-hydrogen) atoms. The van der Waals surface area contributed by atoms with Crippen molar-refractivity contribution < 1.29 is 0 Å². The zero-order chi connectivity index (χ0) is 9.05. The summed E-state index contributed by atoms with van der Waals surface area (Å²) in [6.45, 7) is 4.93. The summed E-state index contributed by atoms with van der Waals surface area (Å²) in [7, 11) is 0. The molecule has 0 heteroatoms. The summed E-state index contributed by atoms with van der Waals surface area (Å²) in [6.07, 6.45) is 9.49. The first-order chi connectivity index (χ1) is 6.20. The molecule has 0 aliphatic heterocycles. The predicted octanol–water partition coefficient (Wildman–Crippen LogP) is 3.86. The van der Waals surface area contributed by atoms with E-state index in [2.05, 4.69) is 13.8 Å². The SMILES string of the molecule is CC(C)C12CC3CCC(C1)C(C3)C2. The minimum atomic E-state index is 0.800. The third-order valence-electron chi connectivity index (χ3n) is 5.51. The summed E-state index contributed by atoms with van der Waals surface area (Å²) in [4.78, 5) is 0. The van der Waals surface area contributed by atoms with Gasteiger partial charge in [-0.1, -0.05) is 20.3 Å². The lowest BCUT2D eigenvalue weighted by atomic mass is 9.63. The second-order valence-corrected chi connectivity index (χ2v) is 6.33. The van der Waals surface area contributed by atoms with Crippen LogP contribution in [0.5, 0.6) is 0 Å². The van der Waals surface area contributed by atoms with E-state index in [9.17, 15) is 0 Å². The van der Waals surface area contributed by atoms with Crippen LogP contribution in [0.15, 0.2) is 0 Å². The Morgan fingerprint density at radius 2 is 1.77 bits per heavy atom. The van der Waals surface area contributed by atoms with Crippen molar-refractivity contribution in [1.82, 2.24) is 0 Å². The van der Waals surface area contributed by atoms with Crippen LogP contribution in [-0.4, -0.2) is 0 Å². The zero-order valence-corrected chi connectivity index (χ0v) is 9.05. The Hall–Kier alpha value is 0. The first kappa shape index (κ1) is 8.32. The largest absolute Gasteiger partial charge is 0.0622 e. The van der Waals surface area contributed by atoms with Crippen LogP contribution in [0, 0.1) is 29.1 Å². The minimum absolute atomic E-state index is 0.800. The van der Waals surface area contributed by atoms with E-state index in [1.807, 2.05) is 0 Å². The molecule has 0 aromatic carbocycles. The maximum absolute atomic E-state index is 2.47. The summed E-state index contributed by atoms with van der Waals surface area (Å²) in [5, 5.41) is 0. The maximum Gasteiger partial charge on any atom is -0.0266 e. The second kappa shape index (κ2) is 2.52. The van der Waals surface area contributed by atoms with Crippen molar-refractivity contribution in [2.75, 3.05) is 0 Å². The van der Waals surface area contributed by atoms with Crippen LogP contribution in [0.3, 0.4) is 0 Å². The molecule has 0 aromatic heterocycles. The molecule has 0 radical (unpaired) electrons.